The van der Waals surface area contributed by atoms with Crippen LogP contribution in [-0.2, 0) is 24.2 Å². The molecule has 1 atom stereocenters. The predicted octanol–water partition coefficient (Wildman–Crippen LogP) is 0.491. The monoisotopic (exact) mass is 268 g/mol. The number of aliphatic hydroxyl groups is 1. The van der Waals surface area contributed by atoms with Crippen LogP contribution in [0.15, 0.2) is 0 Å². The third kappa shape index (κ3) is 3.99. The van der Waals surface area contributed by atoms with Crippen molar-refractivity contribution in [3.63, 3.8) is 0 Å². The Kier molecular flexibility index (Phi) is 4.90. The lowest BCUT2D eigenvalue weighted by Gasteiger charge is -2.23. The van der Waals surface area contributed by atoms with Crippen LogP contribution < -0.4 is 5.32 Å². The predicted molar refractivity (Wildman–Crippen MR) is 71.8 cm³/mol. The fraction of sp³-hybridized carbons (Fsp3) is 0.846. The summed E-state index contributed by atoms with van der Waals surface area (Å²) in [6, 6.07) is 0. The minimum Gasteiger partial charge on any atom is -0.389 e. The van der Waals surface area contributed by atoms with Crippen LogP contribution >= 0.6 is 0 Å². The van der Waals surface area contributed by atoms with Gasteiger partial charge in [-0.05, 0) is 19.8 Å². The normalized spacial score (nSPS) is 18.1. The molecule has 1 aromatic heterocycles. The lowest BCUT2D eigenvalue weighted by Crippen LogP contribution is -2.38. The van der Waals surface area contributed by atoms with Crippen LogP contribution in [0.2, 0.25) is 0 Å². The zero-order valence-corrected chi connectivity index (χ0v) is 11.9. The molecule has 2 rings (SSSR count). The van der Waals surface area contributed by atoms with Gasteiger partial charge in [-0.25, -0.2) is 0 Å². The maximum absolute atomic E-state index is 10.1. The number of nitrogens with zero attached hydrogens (tertiary/aromatic N) is 3. The number of methoxy groups -OCH3 is 1. The fourth-order valence-corrected chi connectivity index (χ4v) is 2.35. The van der Waals surface area contributed by atoms with Crippen LogP contribution in [0.1, 0.15) is 37.8 Å². The van der Waals surface area contributed by atoms with E-state index in [9.17, 15) is 5.11 Å². The van der Waals surface area contributed by atoms with E-state index in [1.807, 2.05) is 6.92 Å². The van der Waals surface area contributed by atoms with E-state index >= 15 is 0 Å². The van der Waals surface area contributed by atoms with E-state index in [0.29, 0.717) is 26.1 Å². The van der Waals surface area contributed by atoms with Crippen LogP contribution in [-0.4, -0.2) is 45.7 Å². The Morgan fingerprint density at radius 2 is 2.26 bits per heavy atom. The minimum atomic E-state index is -0.749. The van der Waals surface area contributed by atoms with Gasteiger partial charge in [-0.2, -0.15) is 0 Å². The quantitative estimate of drug-likeness (QED) is 0.753. The Hall–Kier alpha value is -0.980. The van der Waals surface area contributed by atoms with Crippen LogP contribution in [0.3, 0.4) is 0 Å². The van der Waals surface area contributed by atoms with Crippen molar-refractivity contribution >= 4 is 0 Å². The standard InChI is InChI=1S/C13H24N4O2/c1-13(18,6-8-19-2)10-14-9-12-16-15-11-5-3-4-7-17(11)12/h14,18H,3-10H2,1-2H3. The highest BCUT2D eigenvalue weighted by Gasteiger charge is 2.20. The molecular formula is C13H24N4O2. The Labute approximate surface area is 114 Å². The van der Waals surface area contributed by atoms with Crippen LogP contribution in [0.25, 0.3) is 0 Å². The third-order valence-corrected chi connectivity index (χ3v) is 3.57. The van der Waals surface area contributed by atoms with Crippen molar-refractivity contribution in [2.24, 2.45) is 0 Å². The number of aromatic nitrogens is 3. The van der Waals surface area contributed by atoms with Crippen molar-refractivity contribution in [1.29, 1.82) is 0 Å². The molecular weight excluding hydrogens is 244 g/mol. The van der Waals surface area contributed by atoms with Crippen LogP contribution in [0, 0.1) is 0 Å². The molecule has 1 aromatic rings. The zero-order valence-electron chi connectivity index (χ0n) is 11.9. The van der Waals surface area contributed by atoms with E-state index in [2.05, 4.69) is 20.1 Å². The highest BCUT2D eigenvalue weighted by Crippen LogP contribution is 2.14. The SMILES string of the molecule is COCCC(C)(O)CNCc1nnc2n1CCCC2. The molecule has 0 radical (unpaired) electrons. The maximum Gasteiger partial charge on any atom is 0.147 e. The number of nitrogens with one attached hydrogen (secondary N) is 1. The molecule has 1 aliphatic heterocycles. The van der Waals surface area contributed by atoms with E-state index in [1.54, 1.807) is 7.11 Å². The number of aryl methyl sites for hydroxylation is 1. The van der Waals surface area contributed by atoms with Gasteiger partial charge in [-0.1, -0.05) is 0 Å². The number of ether oxygens (including phenoxy) is 1. The van der Waals surface area contributed by atoms with E-state index < -0.39 is 5.60 Å². The van der Waals surface area contributed by atoms with Crippen LogP contribution in [0.5, 0.6) is 0 Å². The number of fused-ring (bicyclic) bond motifs is 1. The van der Waals surface area contributed by atoms with Crippen molar-refractivity contribution in [1.82, 2.24) is 20.1 Å². The van der Waals surface area contributed by atoms with Crippen molar-refractivity contribution in [3.05, 3.63) is 11.6 Å². The van der Waals surface area contributed by atoms with Gasteiger partial charge >= 0.3 is 0 Å². The number of rotatable bonds is 7. The summed E-state index contributed by atoms with van der Waals surface area (Å²) in [5.41, 5.74) is -0.749. The van der Waals surface area contributed by atoms with Gasteiger partial charge in [0.2, 0.25) is 0 Å². The number of hydrogen-bond acceptors (Lipinski definition) is 5. The van der Waals surface area contributed by atoms with Crippen molar-refractivity contribution in [3.8, 4) is 0 Å². The first-order valence-corrected chi connectivity index (χ1v) is 6.95. The second-order valence-corrected chi connectivity index (χ2v) is 5.48. The Bertz CT molecular complexity index is 403. The molecule has 6 heteroatoms. The molecule has 108 valence electrons. The average Bonchev–Trinajstić information content (AvgIpc) is 2.80. The van der Waals surface area contributed by atoms with Gasteiger partial charge in [-0.3, -0.25) is 0 Å². The zero-order chi connectivity index (χ0) is 13.7. The Morgan fingerprint density at radius 1 is 1.42 bits per heavy atom. The average molecular weight is 268 g/mol. The molecule has 0 aromatic carbocycles. The molecule has 0 aliphatic carbocycles. The summed E-state index contributed by atoms with van der Waals surface area (Å²) < 4.78 is 7.18. The molecule has 2 heterocycles. The lowest BCUT2D eigenvalue weighted by atomic mass is 10.0. The first-order chi connectivity index (χ1) is 9.12. The maximum atomic E-state index is 10.1. The van der Waals surface area contributed by atoms with Crippen molar-refractivity contribution in [2.75, 3.05) is 20.3 Å². The largest absolute Gasteiger partial charge is 0.389 e. The second-order valence-electron chi connectivity index (χ2n) is 5.48. The molecule has 0 bridgehead atoms. The van der Waals surface area contributed by atoms with Gasteiger partial charge in [0.15, 0.2) is 0 Å². The summed E-state index contributed by atoms with van der Waals surface area (Å²) >= 11 is 0. The first kappa shape index (κ1) is 14.4. The van der Waals surface area contributed by atoms with Gasteiger partial charge in [0, 0.05) is 39.6 Å². The minimum absolute atomic E-state index is 0.526. The number of hydrogen-bond donors (Lipinski definition) is 2. The summed E-state index contributed by atoms with van der Waals surface area (Å²) in [5, 5.41) is 21.8. The molecule has 0 saturated carbocycles. The smallest absolute Gasteiger partial charge is 0.147 e. The molecule has 0 saturated heterocycles. The third-order valence-electron chi connectivity index (χ3n) is 3.57. The topological polar surface area (TPSA) is 72.2 Å². The Morgan fingerprint density at radius 3 is 3.05 bits per heavy atom. The molecule has 6 nitrogen and oxygen atoms in total. The van der Waals surface area contributed by atoms with Gasteiger partial charge in [0.25, 0.3) is 0 Å². The summed E-state index contributed by atoms with van der Waals surface area (Å²) in [6.45, 7) is 4.57. The Balaban J connectivity index is 1.81. The van der Waals surface area contributed by atoms with Gasteiger partial charge in [-0.15, -0.1) is 10.2 Å². The summed E-state index contributed by atoms with van der Waals surface area (Å²) in [6.07, 6.45) is 4.05. The fourth-order valence-electron chi connectivity index (χ4n) is 2.35. The van der Waals surface area contributed by atoms with E-state index in [0.717, 1.165) is 24.6 Å². The van der Waals surface area contributed by atoms with Crippen molar-refractivity contribution in [2.45, 2.75) is 51.3 Å². The van der Waals surface area contributed by atoms with E-state index in [4.69, 9.17) is 4.74 Å². The molecule has 1 aliphatic rings. The molecule has 1 unspecified atom stereocenters. The molecule has 0 amide bonds. The second kappa shape index (κ2) is 6.45. The first-order valence-electron chi connectivity index (χ1n) is 6.95. The molecule has 0 spiro atoms. The van der Waals surface area contributed by atoms with Crippen molar-refractivity contribution < 1.29 is 9.84 Å². The molecule has 19 heavy (non-hydrogen) atoms. The summed E-state index contributed by atoms with van der Waals surface area (Å²) in [4.78, 5) is 0. The van der Waals surface area contributed by atoms with E-state index in [1.165, 1.54) is 12.8 Å². The molecule has 0 fully saturated rings. The van der Waals surface area contributed by atoms with Gasteiger partial charge in [0.1, 0.15) is 11.6 Å². The molecule has 2 N–H and O–H groups in total. The van der Waals surface area contributed by atoms with E-state index in [-0.39, 0.29) is 0 Å². The van der Waals surface area contributed by atoms with Gasteiger partial charge < -0.3 is 19.7 Å². The highest BCUT2D eigenvalue weighted by atomic mass is 16.5. The summed E-state index contributed by atoms with van der Waals surface area (Å²) in [5.74, 6) is 2.06. The van der Waals surface area contributed by atoms with Crippen LogP contribution in [0.4, 0.5) is 0 Å². The summed E-state index contributed by atoms with van der Waals surface area (Å²) in [7, 11) is 1.64. The van der Waals surface area contributed by atoms with Gasteiger partial charge in [0.05, 0.1) is 12.1 Å². The lowest BCUT2D eigenvalue weighted by molar-refractivity contribution is 0.0246. The highest BCUT2D eigenvalue weighted by molar-refractivity contribution is 4.98.